The first-order valence-electron chi connectivity index (χ1n) is 7.51. The van der Waals surface area contributed by atoms with E-state index < -0.39 is 0 Å². The molecule has 0 aliphatic carbocycles. The van der Waals surface area contributed by atoms with Crippen LogP contribution in [0.5, 0.6) is 0 Å². The van der Waals surface area contributed by atoms with E-state index in [1.54, 1.807) is 24.5 Å². The third kappa shape index (κ3) is 2.91. The van der Waals surface area contributed by atoms with Crippen molar-refractivity contribution < 1.29 is 4.39 Å². The Morgan fingerprint density at radius 2 is 1.73 bits per heavy atom. The lowest BCUT2D eigenvalue weighted by Gasteiger charge is -2.10. The summed E-state index contributed by atoms with van der Waals surface area (Å²) >= 11 is 0. The lowest BCUT2D eigenvalue weighted by Crippen LogP contribution is -1.99. The molecule has 0 aliphatic rings. The molecule has 0 saturated heterocycles. The maximum atomic E-state index is 13.2. The summed E-state index contributed by atoms with van der Waals surface area (Å²) < 4.78 is 15.3. The van der Waals surface area contributed by atoms with Gasteiger partial charge in [-0.3, -0.25) is 4.98 Å². The van der Waals surface area contributed by atoms with Crippen LogP contribution in [-0.4, -0.2) is 14.5 Å². The first kappa shape index (κ1) is 14.4. The highest BCUT2D eigenvalue weighted by atomic mass is 19.1. The summed E-state index contributed by atoms with van der Waals surface area (Å²) in [7, 11) is 0. The molecule has 0 atom stereocenters. The van der Waals surface area contributed by atoms with E-state index in [4.69, 9.17) is 0 Å². The number of nitrogens with zero attached hydrogens (tertiary/aromatic N) is 3. The van der Waals surface area contributed by atoms with Gasteiger partial charge >= 0.3 is 0 Å². The summed E-state index contributed by atoms with van der Waals surface area (Å²) in [5, 5.41) is 0. The van der Waals surface area contributed by atoms with Crippen LogP contribution in [0.15, 0.2) is 55.1 Å². The van der Waals surface area contributed by atoms with Gasteiger partial charge in [0, 0.05) is 30.1 Å². The first-order valence-corrected chi connectivity index (χ1v) is 7.51. The fourth-order valence-electron chi connectivity index (χ4n) is 2.51. The molecule has 0 spiro atoms. The van der Waals surface area contributed by atoms with Crippen molar-refractivity contribution in [3.05, 3.63) is 60.9 Å². The molecule has 0 fully saturated rings. The van der Waals surface area contributed by atoms with E-state index >= 15 is 0 Å². The van der Waals surface area contributed by atoms with Crippen LogP contribution in [0.3, 0.4) is 0 Å². The second-order valence-electron chi connectivity index (χ2n) is 5.23. The number of halogens is 1. The Hall–Kier alpha value is -2.49. The van der Waals surface area contributed by atoms with Crippen molar-refractivity contribution in [3.8, 4) is 22.5 Å². The molecule has 2 aromatic heterocycles. The van der Waals surface area contributed by atoms with Crippen LogP contribution < -0.4 is 0 Å². The Morgan fingerprint density at radius 3 is 2.41 bits per heavy atom. The van der Waals surface area contributed by atoms with Gasteiger partial charge in [0.25, 0.3) is 0 Å². The Balaban J connectivity index is 2.10. The summed E-state index contributed by atoms with van der Waals surface area (Å²) in [6.07, 6.45) is 7.64. The van der Waals surface area contributed by atoms with Crippen molar-refractivity contribution in [2.24, 2.45) is 0 Å². The molecule has 112 valence electrons. The van der Waals surface area contributed by atoms with Gasteiger partial charge in [-0.05, 0) is 42.8 Å². The summed E-state index contributed by atoms with van der Waals surface area (Å²) in [5.74, 6) is -0.236. The second-order valence-corrected chi connectivity index (χ2v) is 5.23. The van der Waals surface area contributed by atoms with Crippen LogP contribution in [0.2, 0.25) is 0 Å². The van der Waals surface area contributed by atoms with E-state index in [2.05, 4.69) is 21.5 Å². The predicted molar refractivity (Wildman–Crippen MR) is 85.8 cm³/mol. The van der Waals surface area contributed by atoms with E-state index in [0.29, 0.717) is 0 Å². The van der Waals surface area contributed by atoms with Gasteiger partial charge in [-0.2, -0.15) is 0 Å². The van der Waals surface area contributed by atoms with Gasteiger partial charge in [0.2, 0.25) is 0 Å². The van der Waals surface area contributed by atoms with E-state index in [1.807, 2.05) is 18.5 Å². The Kier molecular flexibility index (Phi) is 4.28. The standard InChI is InChI=1S/C18H18FN3/c1-2-3-12-22-13-21-17(14-4-6-16(19)7-5-14)18(22)15-8-10-20-11-9-15/h4-11,13H,2-3,12H2,1H3. The Bertz CT molecular complexity index is 733. The average molecular weight is 295 g/mol. The molecule has 0 N–H and O–H groups in total. The van der Waals surface area contributed by atoms with Crippen molar-refractivity contribution in [3.63, 3.8) is 0 Å². The van der Waals surface area contributed by atoms with Gasteiger partial charge in [-0.15, -0.1) is 0 Å². The van der Waals surface area contributed by atoms with Crippen molar-refractivity contribution in [2.45, 2.75) is 26.3 Å². The highest BCUT2D eigenvalue weighted by molar-refractivity contribution is 5.78. The number of rotatable bonds is 5. The molecular formula is C18H18FN3. The number of aromatic nitrogens is 3. The SMILES string of the molecule is CCCCn1cnc(-c2ccc(F)cc2)c1-c1ccncc1. The second kappa shape index (κ2) is 6.52. The molecular weight excluding hydrogens is 277 g/mol. The minimum absolute atomic E-state index is 0.236. The van der Waals surface area contributed by atoms with E-state index in [9.17, 15) is 4.39 Å². The zero-order chi connectivity index (χ0) is 15.4. The van der Waals surface area contributed by atoms with Crippen LogP contribution >= 0.6 is 0 Å². The molecule has 0 bridgehead atoms. The van der Waals surface area contributed by atoms with Crippen LogP contribution in [0.4, 0.5) is 4.39 Å². The zero-order valence-electron chi connectivity index (χ0n) is 12.5. The fourth-order valence-corrected chi connectivity index (χ4v) is 2.51. The topological polar surface area (TPSA) is 30.7 Å². The first-order chi connectivity index (χ1) is 10.8. The molecule has 0 amide bonds. The summed E-state index contributed by atoms with van der Waals surface area (Å²) in [4.78, 5) is 8.65. The number of unbranched alkanes of at least 4 members (excludes halogenated alkanes) is 1. The minimum atomic E-state index is -0.236. The minimum Gasteiger partial charge on any atom is -0.330 e. The van der Waals surface area contributed by atoms with Crippen molar-refractivity contribution in [2.75, 3.05) is 0 Å². The largest absolute Gasteiger partial charge is 0.330 e. The molecule has 3 nitrogen and oxygen atoms in total. The van der Waals surface area contributed by atoms with Crippen LogP contribution in [0, 0.1) is 5.82 Å². The molecule has 1 aromatic carbocycles. The molecule has 0 saturated carbocycles. The Labute approximate surface area is 129 Å². The number of aryl methyl sites for hydroxylation is 1. The van der Waals surface area contributed by atoms with Gasteiger partial charge in [-0.1, -0.05) is 13.3 Å². The number of hydrogen-bond acceptors (Lipinski definition) is 2. The van der Waals surface area contributed by atoms with Crippen LogP contribution in [0.25, 0.3) is 22.5 Å². The maximum absolute atomic E-state index is 13.2. The molecule has 0 aliphatic heterocycles. The summed E-state index contributed by atoms with van der Waals surface area (Å²) in [6, 6.07) is 10.4. The van der Waals surface area contributed by atoms with Gasteiger partial charge in [0.15, 0.2) is 0 Å². The monoisotopic (exact) mass is 295 g/mol. The third-order valence-corrected chi connectivity index (χ3v) is 3.66. The summed E-state index contributed by atoms with van der Waals surface area (Å²) in [6.45, 7) is 3.09. The molecule has 2 heterocycles. The van der Waals surface area contributed by atoms with Gasteiger partial charge in [-0.25, -0.2) is 9.37 Å². The maximum Gasteiger partial charge on any atom is 0.123 e. The fraction of sp³-hybridized carbons (Fsp3) is 0.222. The molecule has 22 heavy (non-hydrogen) atoms. The normalized spacial score (nSPS) is 10.8. The van der Waals surface area contributed by atoms with Crippen molar-refractivity contribution in [1.29, 1.82) is 0 Å². The average Bonchev–Trinajstić information content (AvgIpc) is 2.98. The summed E-state index contributed by atoms with van der Waals surface area (Å²) in [5.41, 5.74) is 3.93. The number of hydrogen-bond donors (Lipinski definition) is 0. The molecule has 0 unspecified atom stereocenters. The smallest absolute Gasteiger partial charge is 0.123 e. The van der Waals surface area contributed by atoms with E-state index in [-0.39, 0.29) is 5.82 Å². The van der Waals surface area contributed by atoms with E-state index in [0.717, 1.165) is 41.9 Å². The highest BCUT2D eigenvalue weighted by Gasteiger charge is 2.14. The number of pyridine rings is 1. The number of benzene rings is 1. The van der Waals surface area contributed by atoms with Crippen molar-refractivity contribution in [1.82, 2.24) is 14.5 Å². The van der Waals surface area contributed by atoms with Gasteiger partial charge in [0.1, 0.15) is 5.82 Å². The zero-order valence-corrected chi connectivity index (χ0v) is 12.5. The van der Waals surface area contributed by atoms with Gasteiger partial charge < -0.3 is 4.57 Å². The Morgan fingerprint density at radius 1 is 1.00 bits per heavy atom. The van der Waals surface area contributed by atoms with Crippen LogP contribution in [0.1, 0.15) is 19.8 Å². The predicted octanol–water partition coefficient (Wildman–Crippen LogP) is 4.55. The molecule has 3 rings (SSSR count). The van der Waals surface area contributed by atoms with Crippen LogP contribution in [-0.2, 0) is 6.54 Å². The third-order valence-electron chi connectivity index (χ3n) is 3.66. The quantitative estimate of drug-likeness (QED) is 0.691. The lowest BCUT2D eigenvalue weighted by atomic mass is 10.1. The molecule has 0 radical (unpaired) electrons. The van der Waals surface area contributed by atoms with E-state index in [1.165, 1.54) is 12.1 Å². The highest BCUT2D eigenvalue weighted by Crippen LogP contribution is 2.31. The lowest BCUT2D eigenvalue weighted by molar-refractivity contribution is 0.628. The van der Waals surface area contributed by atoms with Crippen molar-refractivity contribution >= 4 is 0 Å². The number of imidazole rings is 1. The molecule has 4 heteroatoms. The molecule has 3 aromatic rings. The van der Waals surface area contributed by atoms with Gasteiger partial charge in [0.05, 0.1) is 17.7 Å².